The number of hydrogen-bond acceptors (Lipinski definition) is 4. The number of nitrogens with zero attached hydrogens (tertiary/aromatic N) is 2. The minimum absolute atomic E-state index is 0.356. The molecule has 0 unspecified atom stereocenters. The van der Waals surface area contributed by atoms with Gasteiger partial charge in [0.15, 0.2) is 0 Å². The van der Waals surface area contributed by atoms with Crippen LogP contribution < -0.4 is 10.1 Å². The van der Waals surface area contributed by atoms with Crippen molar-refractivity contribution in [2.45, 2.75) is 0 Å². The van der Waals surface area contributed by atoms with E-state index in [1.807, 2.05) is 30.3 Å². The van der Waals surface area contributed by atoms with E-state index in [-0.39, 0.29) is 0 Å². The minimum atomic E-state index is -0.693. The fraction of sp³-hybridized carbons (Fsp3) is 0.211. The Morgan fingerprint density at radius 3 is 2.12 bits per heavy atom. The van der Waals surface area contributed by atoms with E-state index in [1.54, 1.807) is 29.2 Å². The molecule has 0 atom stereocenters. The van der Waals surface area contributed by atoms with E-state index in [1.165, 1.54) is 4.90 Å². The fourth-order valence-electron chi connectivity index (χ4n) is 2.59. The summed E-state index contributed by atoms with van der Waals surface area (Å²) in [6, 6.07) is 16.1. The predicted octanol–water partition coefficient (Wildman–Crippen LogP) is 1.72. The monoisotopic (exact) mass is 353 g/mol. The van der Waals surface area contributed by atoms with Crippen LogP contribution in [0.3, 0.4) is 0 Å². The van der Waals surface area contributed by atoms with Gasteiger partial charge in [0.25, 0.3) is 0 Å². The van der Waals surface area contributed by atoms with E-state index < -0.39 is 11.8 Å². The summed E-state index contributed by atoms with van der Waals surface area (Å²) in [4.78, 5) is 38.0. The first-order valence-electron chi connectivity index (χ1n) is 8.28. The molecule has 0 bridgehead atoms. The number of anilines is 1. The minimum Gasteiger partial charge on any atom is -0.457 e. The lowest BCUT2D eigenvalue weighted by Gasteiger charge is -2.31. The number of carbonyl (C=O) groups is 3. The lowest BCUT2D eigenvalue weighted by molar-refractivity contribution is -0.144. The SMILES string of the molecule is O=CN1CCN(C(=O)C(=O)Nc2ccc(Oc3ccccc3)cc2)CC1. The van der Waals surface area contributed by atoms with Gasteiger partial charge in [0.1, 0.15) is 11.5 Å². The number of nitrogens with one attached hydrogen (secondary N) is 1. The standard InChI is InChI=1S/C19H19N3O4/c23-14-21-10-12-22(13-11-21)19(25)18(24)20-15-6-8-17(9-7-15)26-16-4-2-1-3-5-16/h1-9,14H,10-13H2,(H,20,24). The molecule has 3 amide bonds. The van der Waals surface area contributed by atoms with Gasteiger partial charge in [-0.3, -0.25) is 14.4 Å². The molecule has 0 saturated carbocycles. The van der Waals surface area contributed by atoms with Gasteiger partial charge in [-0.05, 0) is 36.4 Å². The number of carbonyl (C=O) groups excluding carboxylic acids is 3. The molecule has 7 heteroatoms. The summed E-state index contributed by atoms with van der Waals surface area (Å²) in [7, 11) is 0. The van der Waals surface area contributed by atoms with Gasteiger partial charge in [0.2, 0.25) is 6.41 Å². The van der Waals surface area contributed by atoms with E-state index in [0.29, 0.717) is 43.4 Å². The quantitative estimate of drug-likeness (QED) is 0.670. The van der Waals surface area contributed by atoms with Crippen molar-refractivity contribution >= 4 is 23.9 Å². The molecule has 0 aliphatic carbocycles. The van der Waals surface area contributed by atoms with Crippen LogP contribution in [0.25, 0.3) is 0 Å². The molecule has 0 spiro atoms. The van der Waals surface area contributed by atoms with E-state index in [4.69, 9.17) is 4.74 Å². The number of rotatable bonds is 4. The molecule has 1 aliphatic heterocycles. The molecule has 3 rings (SSSR count). The highest BCUT2D eigenvalue weighted by molar-refractivity contribution is 6.39. The van der Waals surface area contributed by atoms with Crippen LogP contribution in [-0.4, -0.2) is 54.2 Å². The average molecular weight is 353 g/mol. The van der Waals surface area contributed by atoms with E-state index in [9.17, 15) is 14.4 Å². The normalized spacial score (nSPS) is 13.8. The molecule has 1 fully saturated rings. The summed E-state index contributed by atoms with van der Waals surface area (Å²) in [6.45, 7) is 1.59. The highest BCUT2D eigenvalue weighted by Gasteiger charge is 2.25. The van der Waals surface area contributed by atoms with Crippen LogP contribution in [0.4, 0.5) is 5.69 Å². The summed E-state index contributed by atoms with van der Waals surface area (Å²) in [5.74, 6) is 0.0564. The van der Waals surface area contributed by atoms with Gasteiger partial charge in [0.05, 0.1) is 0 Å². The lowest BCUT2D eigenvalue weighted by Crippen LogP contribution is -2.51. The third-order valence-electron chi connectivity index (χ3n) is 4.04. The van der Waals surface area contributed by atoms with Crippen LogP contribution in [0, 0.1) is 0 Å². The van der Waals surface area contributed by atoms with Gasteiger partial charge in [-0.2, -0.15) is 0 Å². The van der Waals surface area contributed by atoms with Crippen molar-refractivity contribution in [3.8, 4) is 11.5 Å². The summed E-state index contributed by atoms with van der Waals surface area (Å²) in [6.07, 6.45) is 0.751. The van der Waals surface area contributed by atoms with Crippen LogP contribution in [0.5, 0.6) is 11.5 Å². The second kappa shape index (κ2) is 8.15. The second-order valence-electron chi connectivity index (χ2n) is 5.83. The summed E-state index contributed by atoms with van der Waals surface area (Å²) >= 11 is 0. The third-order valence-corrected chi connectivity index (χ3v) is 4.04. The summed E-state index contributed by atoms with van der Waals surface area (Å²) < 4.78 is 5.68. The first-order valence-corrected chi connectivity index (χ1v) is 8.28. The van der Waals surface area contributed by atoms with Crippen LogP contribution >= 0.6 is 0 Å². The number of ether oxygens (including phenoxy) is 1. The van der Waals surface area contributed by atoms with Crippen LogP contribution in [0.2, 0.25) is 0 Å². The molecule has 1 heterocycles. The third kappa shape index (κ3) is 4.38. The van der Waals surface area contributed by atoms with Crippen LogP contribution in [0.15, 0.2) is 54.6 Å². The van der Waals surface area contributed by atoms with E-state index in [0.717, 1.165) is 6.41 Å². The zero-order valence-electron chi connectivity index (χ0n) is 14.1. The van der Waals surface area contributed by atoms with E-state index in [2.05, 4.69) is 5.32 Å². The Morgan fingerprint density at radius 1 is 0.885 bits per heavy atom. The Labute approximate surface area is 151 Å². The molecule has 0 aromatic heterocycles. The van der Waals surface area contributed by atoms with Gasteiger partial charge in [-0.1, -0.05) is 18.2 Å². The highest BCUT2D eigenvalue weighted by atomic mass is 16.5. The molecule has 2 aromatic carbocycles. The number of piperazine rings is 1. The summed E-state index contributed by atoms with van der Waals surface area (Å²) in [5, 5.41) is 2.59. The van der Waals surface area contributed by atoms with Gasteiger partial charge >= 0.3 is 11.8 Å². The predicted molar refractivity (Wildman–Crippen MR) is 95.8 cm³/mol. The van der Waals surface area contributed by atoms with Crippen molar-refractivity contribution in [2.24, 2.45) is 0 Å². The Bertz CT molecular complexity index is 769. The molecule has 1 aliphatic rings. The second-order valence-corrected chi connectivity index (χ2v) is 5.83. The Kier molecular flexibility index (Phi) is 5.48. The average Bonchev–Trinajstić information content (AvgIpc) is 2.70. The molecule has 1 saturated heterocycles. The van der Waals surface area contributed by atoms with Crippen LogP contribution in [-0.2, 0) is 14.4 Å². The van der Waals surface area contributed by atoms with Gasteiger partial charge in [0, 0.05) is 31.9 Å². The molecule has 2 aromatic rings. The lowest BCUT2D eigenvalue weighted by atomic mass is 10.2. The topological polar surface area (TPSA) is 79.0 Å². The van der Waals surface area contributed by atoms with Crippen molar-refractivity contribution in [1.29, 1.82) is 0 Å². The van der Waals surface area contributed by atoms with Crippen molar-refractivity contribution in [3.63, 3.8) is 0 Å². The number of amides is 3. The highest BCUT2D eigenvalue weighted by Crippen LogP contribution is 2.22. The first-order chi connectivity index (χ1) is 12.7. The first kappa shape index (κ1) is 17.5. The smallest absolute Gasteiger partial charge is 0.313 e. The van der Waals surface area contributed by atoms with Crippen molar-refractivity contribution < 1.29 is 19.1 Å². The number of hydrogen-bond donors (Lipinski definition) is 1. The number of benzene rings is 2. The van der Waals surface area contributed by atoms with Crippen molar-refractivity contribution in [1.82, 2.24) is 9.80 Å². The maximum atomic E-state index is 12.2. The van der Waals surface area contributed by atoms with Gasteiger partial charge in [-0.25, -0.2) is 0 Å². The largest absolute Gasteiger partial charge is 0.457 e. The number of para-hydroxylation sites is 1. The molecule has 134 valence electrons. The molecular formula is C19H19N3O4. The molecule has 1 N–H and O–H groups in total. The molecular weight excluding hydrogens is 334 g/mol. The maximum Gasteiger partial charge on any atom is 0.313 e. The van der Waals surface area contributed by atoms with Gasteiger partial charge < -0.3 is 19.9 Å². The summed E-state index contributed by atoms with van der Waals surface area (Å²) in [5.41, 5.74) is 0.510. The van der Waals surface area contributed by atoms with Crippen molar-refractivity contribution in [3.05, 3.63) is 54.6 Å². The van der Waals surface area contributed by atoms with E-state index >= 15 is 0 Å². The maximum absolute atomic E-state index is 12.2. The Hall–Kier alpha value is -3.35. The zero-order chi connectivity index (χ0) is 18.4. The molecule has 26 heavy (non-hydrogen) atoms. The van der Waals surface area contributed by atoms with Crippen LogP contribution in [0.1, 0.15) is 0 Å². The fourth-order valence-corrected chi connectivity index (χ4v) is 2.59. The van der Waals surface area contributed by atoms with Gasteiger partial charge in [-0.15, -0.1) is 0 Å². The molecule has 7 nitrogen and oxygen atoms in total. The van der Waals surface area contributed by atoms with Crippen molar-refractivity contribution in [2.75, 3.05) is 31.5 Å². The zero-order valence-corrected chi connectivity index (χ0v) is 14.1. The Balaban J connectivity index is 1.54. The Morgan fingerprint density at radius 2 is 1.50 bits per heavy atom. The molecule has 0 radical (unpaired) electrons.